The largest absolute Gasteiger partial charge is 0.573 e. The average Bonchev–Trinajstić information content (AvgIpc) is 2.80. The van der Waals surface area contributed by atoms with Crippen LogP contribution in [0, 0.1) is 0 Å². The number of rotatable bonds is 6. The van der Waals surface area contributed by atoms with Crippen LogP contribution in [0.1, 0.15) is 5.69 Å². The number of hydrogen-bond donors (Lipinski definition) is 3. The average molecular weight is 510 g/mol. The molecule has 8 nitrogen and oxygen atoms in total. The maximum absolute atomic E-state index is 12.3. The molecule has 0 bridgehead atoms. The van der Waals surface area contributed by atoms with Crippen molar-refractivity contribution in [2.75, 3.05) is 17.3 Å². The van der Waals surface area contributed by atoms with E-state index < -0.39 is 12.7 Å². The number of aliphatic imine (C=N–C) groups is 1. The molecule has 0 unspecified atom stereocenters. The summed E-state index contributed by atoms with van der Waals surface area (Å²) in [5, 5.41) is 9.01. The Labute approximate surface area is 199 Å². The number of nitrogens with one attached hydrogen (secondary N) is 3. The van der Waals surface area contributed by atoms with Crippen LogP contribution in [0.3, 0.4) is 0 Å². The van der Waals surface area contributed by atoms with Gasteiger partial charge in [-0.1, -0.05) is 0 Å². The number of alkyl halides is 6. The van der Waals surface area contributed by atoms with Gasteiger partial charge in [0.25, 0.3) is 0 Å². The zero-order valence-corrected chi connectivity index (χ0v) is 18.0. The third kappa shape index (κ3) is 7.25. The van der Waals surface area contributed by atoms with Gasteiger partial charge in [0.1, 0.15) is 36.1 Å². The zero-order valence-electron chi connectivity index (χ0n) is 18.0. The summed E-state index contributed by atoms with van der Waals surface area (Å²) in [5.74, 6) is 0.112. The quantitative estimate of drug-likeness (QED) is 0.381. The van der Waals surface area contributed by atoms with E-state index in [0.29, 0.717) is 34.4 Å². The third-order valence-electron chi connectivity index (χ3n) is 4.46. The smallest absolute Gasteiger partial charge is 0.406 e. The van der Waals surface area contributed by atoms with Crippen LogP contribution < -0.4 is 25.4 Å². The molecule has 36 heavy (non-hydrogen) atoms. The Bertz CT molecular complexity index is 1260. The molecule has 3 aromatic rings. The molecule has 1 aliphatic heterocycles. The number of anilines is 3. The molecule has 3 N–H and O–H groups in total. The molecule has 0 atom stereocenters. The van der Waals surface area contributed by atoms with Crippen LogP contribution in [0.5, 0.6) is 11.5 Å². The van der Waals surface area contributed by atoms with Crippen molar-refractivity contribution in [1.29, 1.82) is 0 Å². The van der Waals surface area contributed by atoms with E-state index in [0.717, 1.165) is 0 Å². The van der Waals surface area contributed by atoms with Crippen LogP contribution in [0.4, 0.5) is 43.5 Å². The molecule has 14 heteroatoms. The molecule has 188 valence electrons. The first-order chi connectivity index (χ1) is 17.0. The Morgan fingerprint density at radius 2 is 1.31 bits per heavy atom. The SMILES string of the molecule is FC(F)(F)Oc1ccc(NC2=NCNC(c3cc(Nc4ccc(OC(F)(F)F)cc4)ncn3)=C2)cc1. The van der Waals surface area contributed by atoms with Gasteiger partial charge in [-0.2, -0.15) is 0 Å². The lowest BCUT2D eigenvalue weighted by atomic mass is 10.2. The van der Waals surface area contributed by atoms with E-state index in [1.165, 1.54) is 54.9 Å². The molecule has 0 aliphatic carbocycles. The Balaban J connectivity index is 1.42. The van der Waals surface area contributed by atoms with Crippen LogP contribution in [0.15, 0.2) is 72.0 Å². The fraction of sp³-hybridized carbons (Fsp3) is 0.136. The van der Waals surface area contributed by atoms with Gasteiger partial charge in [-0.15, -0.1) is 26.3 Å². The van der Waals surface area contributed by atoms with Crippen LogP contribution in [0.2, 0.25) is 0 Å². The number of amidine groups is 1. The van der Waals surface area contributed by atoms with Gasteiger partial charge in [-0.05, 0) is 48.5 Å². The Morgan fingerprint density at radius 3 is 1.86 bits per heavy atom. The lowest BCUT2D eigenvalue weighted by molar-refractivity contribution is -0.275. The molecule has 4 rings (SSSR count). The van der Waals surface area contributed by atoms with Gasteiger partial charge in [0, 0.05) is 23.5 Å². The summed E-state index contributed by atoms with van der Waals surface area (Å²) in [6.45, 7) is 0.205. The number of nitrogens with zero attached hydrogens (tertiary/aromatic N) is 3. The highest BCUT2D eigenvalue weighted by Crippen LogP contribution is 2.26. The molecular weight excluding hydrogens is 494 g/mol. The summed E-state index contributed by atoms with van der Waals surface area (Å²) >= 11 is 0. The van der Waals surface area contributed by atoms with E-state index in [-0.39, 0.29) is 18.2 Å². The minimum atomic E-state index is -4.78. The summed E-state index contributed by atoms with van der Waals surface area (Å²) in [7, 11) is 0. The van der Waals surface area contributed by atoms with Gasteiger partial charge in [-0.25, -0.2) is 15.0 Å². The van der Waals surface area contributed by atoms with Gasteiger partial charge in [0.2, 0.25) is 0 Å². The number of aromatic nitrogens is 2. The molecule has 1 aliphatic rings. The highest BCUT2D eigenvalue weighted by Gasteiger charge is 2.31. The maximum Gasteiger partial charge on any atom is 0.573 e. The summed E-state index contributed by atoms with van der Waals surface area (Å²) in [5.41, 5.74) is 2.04. The molecule has 1 aromatic heterocycles. The lowest BCUT2D eigenvalue weighted by Gasteiger charge is -2.17. The molecule has 0 saturated carbocycles. The minimum Gasteiger partial charge on any atom is -0.406 e. The highest BCUT2D eigenvalue weighted by molar-refractivity contribution is 6.08. The van der Waals surface area contributed by atoms with E-state index in [4.69, 9.17) is 0 Å². The van der Waals surface area contributed by atoms with Gasteiger partial charge in [0.15, 0.2) is 0 Å². The van der Waals surface area contributed by atoms with Crippen molar-refractivity contribution in [3.8, 4) is 11.5 Å². The Kier molecular flexibility index (Phi) is 6.85. The molecule has 0 saturated heterocycles. The standard InChI is InChI=1S/C22H16F6N6O2/c23-21(24,25)35-15-5-1-13(2-6-15)33-19-9-17(29-11-31-19)18-10-20(32-12-30-18)34-14-3-7-16(8-4-14)36-22(26,27)28/h1-11,30H,12H2,(H,32,34)(H,29,31,33). The molecule has 0 radical (unpaired) electrons. The predicted molar refractivity (Wildman–Crippen MR) is 119 cm³/mol. The van der Waals surface area contributed by atoms with Crippen molar-refractivity contribution in [1.82, 2.24) is 15.3 Å². The Hall–Kier alpha value is -4.49. The van der Waals surface area contributed by atoms with Crippen molar-refractivity contribution in [3.05, 3.63) is 72.7 Å². The van der Waals surface area contributed by atoms with E-state index in [1.807, 2.05) is 0 Å². The zero-order chi connectivity index (χ0) is 25.8. The number of benzene rings is 2. The fourth-order valence-corrected chi connectivity index (χ4v) is 3.03. The van der Waals surface area contributed by atoms with E-state index in [1.54, 1.807) is 12.1 Å². The second-order valence-electron chi connectivity index (χ2n) is 7.12. The van der Waals surface area contributed by atoms with Crippen molar-refractivity contribution in [2.45, 2.75) is 12.7 Å². The summed E-state index contributed by atoms with van der Waals surface area (Å²) in [6.07, 6.45) is -6.60. The first kappa shape index (κ1) is 24.6. The van der Waals surface area contributed by atoms with E-state index in [2.05, 4.69) is 40.4 Å². The predicted octanol–water partition coefficient (Wildman–Crippen LogP) is 5.43. The van der Waals surface area contributed by atoms with Crippen LogP contribution in [0.25, 0.3) is 5.70 Å². The van der Waals surface area contributed by atoms with Crippen molar-refractivity contribution in [3.63, 3.8) is 0 Å². The second-order valence-corrected chi connectivity index (χ2v) is 7.12. The Morgan fingerprint density at radius 1 is 0.750 bits per heavy atom. The van der Waals surface area contributed by atoms with Crippen LogP contribution in [-0.4, -0.2) is 35.2 Å². The van der Waals surface area contributed by atoms with Crippen LogP contribution in [-0.2, 0) is 0 Å². The first-order valence-corrected chi connectivity index (χ1v) is 10.1. The fourth-order valence-electron chi connectivity index (χ4n) is 3.03. The topological polar surface area (TPSA) is 92.7 Å². The lowest BCUT2D eigenvalue weighted by Crippen LogP contribution is -2.24. The molecule has 0 amide bonds. The molecular formula is C22H16F6N6O2. The minimum absolute atomic E-state index is 0.205. The molecule has 0 spiro atoms. The summed E-state index contributed by atoms with van der Waals surface area (Å²) in [6, 6.07) is 11.9. The number of halogens is 6. The summed E-state index contributed by atoms with van der Waals surface area (Å²) in [4.78, 5) is 12.6. The maximum atomic E-state index is 12.3. The number of hydrogen-bond acceptors (Lipinski definition) is 8. The highest BCUT2D eigenvalue weighted by atomic mass is 19.4. The monoisotopic (exact) mass is 510 g/mol. The summed E-state index contributed by atoms with van der Waals surface area (Å²) < 4.78 is 81.6. The van der Waals surface area contributed by atoms with Gasteiger partial charge >= 0.3 is 12.7 Å². The van der Waals surface area contributed by atoms with E-state index >= 15 is 0 Å². The molecule has 2 heterocycles. The number of ether oxygens (including phenoxy) is 2. The van der Waals surface area contributed by atoms with Gasteiger partial charge < -0.3 is 25.4 Å². The normalized spacial score (nSPS) is 13.7. The molecule has 2 aromatic carbocycles. The van der Waals surface area contributed by atoms with E-state index in [9.17, 15) is 26.3 Å². The second kappa shape index (κ2) is 10.0. The third-order valence-corrected chi connectivity index (χ3v) is 4.46. The van der Waals surface area contributed by atoms with Crippen LogP contribution >= 0.6 is 0 Å². The first-order valence-electron chi connectivity index (χ1n) is 10.1. The van der Waals surface area contributed by atoms with Crippen molar-refractivity contribution in [2.24, 2.45) is 4.99 Å². The van der Waals surface area contributed by atoms with Crippen molar-refractivity contribution < 1.29 is 35.8 Å². The molecule has 0 fully saturated rings. The van der Waals surface area contributed by atoms with Gasteiger partial charge in [0.05, 0.1) is 11.4 Å². The van der Waals surface area contributed by atoms with Crippen molar-refractivity contribution >= 4 is 28.7 Å². The van der Waals surface area contributed by atoms with Gasteiger partial charge in [-0.3, -0.25) is 0 Å².